The first-order valence-electron chi connectivity index (χ1n) is 12.6. The molecule has 2 heterocycles. The van der Waals surface area contributed by atoms with Gasteiger partial charge in [0.15, 0.2) is 0 Å². The summed E-state index contributed by atoms with van der Waals surface area (Å²) in [5, 5.41) is 0. The number of ether oxygens (including phenoxy) is 1. The van der Waals surface area contributed by atoms with Crippen molar-refractivity contribution in [3.05, 3.63) is 66.0 Å². The molecule has 1 aliphatic rings. The lowest BCUT2D eigenvalue weighted by atomic mass is 10.0. The number of aromatic nitrogens is 2. The summed E-state index contributed by atoms with van der Waals surface area (Å²) in [6, 6.07) is 13.6. The molecule has 0 N–H and O–H groups in total. The molecule has 0 unspecified atom stereocenters. The van der Waals surface area contributed by atoms with Crippen LogP contribution in [0.5, 0.6) is 0 Å². The molecule has 202 valence electrons. The van der Waals surface area contributed by atoms with Crippen LogP contribution in [0.1, 0.15) is 37.8 Å². The first kappa shape index (κ1) is 27.9. The Labute approximate surface area is 225 Å². The highest BCUT2D eigenvalue weighted by Crippen LogP contribution is 2.43. The summed E-state index contributed by atoms with van der Waals surface area (Å²) < 4.78 is 47.5. The van der Waals surface area contributed by atoms with Gasteiger partial charge in [-0.25, -0.2) is 9.97 Å². The highest BCUT2D eigenvalue weighted by Gasteiger charge is 2.34. The molecule has 38 heavy (non-hydrogen) atoms. The summed E-state index contributed by atoms with van der Waals surface area (Å²) in [6.45, 7) is 8.99. The molecular weight excluding hydrogens is 513 g/mol. The van der Waals surface area contributed by atoms with E-state index in [4.69, 9.17) is 4.74 Å². The summed E-state index contributed by atoms with van der Waals surface area (Å²) in [5.74, 6) is 0.586. The summed E-state index contributed by atoms with van der Waals surface area (Å²) in [6.07, 6.45) is -3.14. The van der Waals surface area contributed by atoms with E-state index >= 15 is 0 Å². The van der Waals surface area contributed by atoms with Gasteiger partial charge in [0.2, 0.25) is 0 Å². The van der Waals surface area contributed by atoms with E-state index in [1.165, 1.54) is 18.5 Å². The number of hydrogen-bond donors (Lipinski definition) is 0. The Hall–Kier alpha value is -3.11. The second-order valence-corrected chi connectivity index (χ2v) is 10.4. The molecule has 0 radical (unpaired) electrons. The molecule has 1 fully saturated rings. The molecule has 1 aromatic heterocycles. The van der Waals surface area contributed by atoms with Crippen LogP contribution in [0.25, 0.3) is 11.3 Å². The molecule has 0 spiro atoms. The Balaban J connectivity index is 1.55. The minimum Gasteiger partial charge on any atom is -0.465 e. The lowest BCUT2D eigenvalue weighted by Crippen LogP contribution is -2.48. The van der Waals surface area contributed by atoms with Crippen LogP contribution >= 0.6 is 11.8 Å². The van der Waals surface area contributed by atoms with Crippen LogP contribution in [0.4, 0.5) is 19.0 Å². The molecule has 10 heteroatoms. The quantitative estimate of drug-likeness (QED) is 0.317. The van der Waals surface area contributed by atoms with Crippen LogP contribution in [0.2, 0.25) is 0 Å². The van der Waals surface area contributed by atoms with Crippen LogP contribution in [0.3, 0.4) is 0 Å². The van der Waals surface area contributed by atoms with Crippen LogP contribution in [-0.2, 0) is 15.7 Å². The third kappa shape index (κ3) is 6.85. The molecule has 1 saturated heterocycles. The topological polar surface area (TPSA) is 58.6 Å². The number of carbonyl (C=O) groups excluding carboxylic acids is 1. The van der Waals surface area contributed by atoms with Gasteiger partial charge in [0, 0.05) is 47.6 Å². The molecular formula is C28H31F3N4O2S. The number of hydrogen-bond acceptors (Lipinski definition) is 7. The van der Waals surface area contributed by atoms with E-state index in [-0.39, 0.29) is 23.3 Å². The lowest BCUT2D eigenvalue weighted by Gasteiger charge is -2.34. The van der Waals surface area contributed by atoms with E-state index in [1.54, 1.807) is 19.1 Å². The van der Waals surface area contributed by atoms with Crippen molar-refractivity contribution in [3.63, 3.8) is 0 Å². The molecule has 6 nitrogen and oxygen atoms in total. The van der Waals surface area contributed by atoms with Crippen molar-refractivity contribution in [3.8, 4) is 11.3 Å². The molecule has 2 aromatic carbocycles. The Bertz CT molecular complexity index is 1260. The highest BCUT2D eigenvalue weighted by molar-refractivity contribution is 7.99. The Kier molecular flexibility index (Phi) is 8.94. The monoisotopic (exact) mass is 544 g/mol. The first-order valence-corrected chi connectivity index (χ1v) is 13.4. The van der Waals surface area contributed by atoms with Crippen molar-refractivity contribution in [2.24, 2.45) is 0 Å². The molecule has 0 aliphatic carbocycles. The van der Waals surface area contributed by atoms with Crippen LogP contribution in [0.15, 0.2) is 64.6 Å². The number of nitrogens with zero attached hydrogens (tertiary/aromatic N) is 4. The fourth-order valence-electron chi connectivity index (χ4n) is 4.37. The largest absolute Gasteiger partial charge is 0.465 e. The summed E-state index contributed by atoms with van der Waals surface area (Å²) >= 11 is 1.13. The van der Waals surface area contributed by atoms with E-state index in [9.17, 15) is 18.0 Å². The van der Waals surface area contributed by atoms with Gasteiger partial charge in [0.1, 0.15) is 12.1 Å². The maximum absolute atomic E-state index is 14.2. The average molecular weight is 545 g/mol. The predicted molar refractivity (Wildman–Crippen MR) is 142 cm³/mol. The van der Waals surface area contributed by atoms with Gasteiger partial charge in [-0.15, -0.1) is 0 Å². The predicted octanol–water partition coefficient (Wildman–Crippen LogP) is 6.12. The number of anilines is 1. The van der Waals surface area contributed by atoms with Gasteiger partial charge in [0.25, 0.3) is 0 Å². The zero-order valence-electron chi connectivity index (χ0n) is 21.7. The number of alkyl halides is 3. The van der Waals surface area contributed by atoms with Crippen molar-refractivity contribution < 1.29 is 22.7 Å². The highest BCUT2D eigenvalue weighted by atomic mass is 32.2. The fraction of sp³-hybridized carbons (Fsp3) is 0.393. The van der Waals surface area contributed by atoms with Gasteiger partial charge in [-0.05, 0) is 36.6 Å². The van der Waals surface area contributed by atoms with Gasteiger partial charge >= 0.3 is 12.1 Å². The summed E-state index contributed by atoms with van der Waals surface area (Å²) in [7, 11) is 0. The average Bonchev–Trinajstić information content (AvgIpc) is 2.89. The SMILES string of the molecule is CCOC(=O)CN1CCN(c2cc(-c3ccc(Sc4ccccc4C(C)C)c(C(F)(F)F)c3)ncn2)CC1. The van der Waals surface area contributed by atoms with E-state index in [1.807, 2.05) is 47.9 Å². The molecule has 0 amide bonds. The minimum absolute atomic E-state index is 0.154. The second kappa shape index (κ2) is 12.2. The molecule has 1 aliphatic heterocycles. The smallest absolute Gasteiger partial charge is 0.417 e. The maximum Gasteiger partial charge on any atom is 0.417 e. The number of rotatable bonds is 8. The van der Waals surface area contributed by atoms with Crippen LogP contribution in [0, 0.1) is 0 Å². The molecule has 0 saturated carbocycles. The maximum atomic E-state index is 14.2. The van der Waals surface area contributed by atoms with Crippen molar-refractivity contribution in [2.75, 3.05) is 44.2 Å². The van der Waals surface area contributed by atoms with E-state index < -0.39 is 11.7 Å². The second-order valence-electron chi connectivity index (χ2n) is 9.33. The Morgan fingerprint density at radius 2 is 1.76 bits per heavy atom. The Morgan fingerprint density at radius 3 is 2.45 bits per heavy atom. The van der Waals surface area contributed by atoms with Crippen LogP contribution < -0.4 is 4.90 Å². The van der Waals surface area contributed by atoms with Crippen molar-refractivity contribution in [2.45, 2.75) is 42.7 Å². The summed E-state index contributed by atoms with van der Waals surface area (Å²) in [4.78, 5) is 25.4. The van der Waals surface area contributed by atoms with Crippen molar-refractivity contribution >= 4 is 23.5 Å². The zero-order chi connectivity index (χ0) is 27.3. The third-order valence-corrected chi connectivity index (χ3v) is 7.52. The number of carbonyl (C=O) groups is 1. The number of esters is 1. The van der Waals surface area contributed by atoms with Gasteiger partial charge in [-0.2, -0.15) is 13.2 Å². The fourth-order valence-corrected chi connectivity index (χ4v) is 5.60. The number of halogens is 3. The minimum atomic E-state index is -4.52. The number of piperazine rings is 1. The molecule has 3 aromatic rings. The molecule has 4 rings (SSSR count). The number of benzene rings is 2. The first-order chi connectivity index (χ1) is 18.2. The Morgan fingerprint density at radius 1 is 1.03 bits per heavy atom. The third-order valence-electron chi connectivity index (χ3n) is 6.35. The summed E-state index contributed by atoms with van der Waals surface area (Å²) in [5.41, 5.74) is 1.13. The van der Waals surface area contributed by atoms with E-state index in [0.29, 0.717) is 49.9 Å². The van der Waals surface area contributed by atoms with Gasteiger partial charge in [-0.1, -0.05) is 49.9 Å². The normalized spacial score (nSPS) is 14.7. The molecule has 0 atom stereocenters. The van der Waals surface area contributed by atoms with Gasteiger partial charge < -0.3 is 9.64 Å². The lowest BCUT2D eigenvalue weighted by molar-refractivity contribution is -0.144. The zero-order valence-corrected chi connectivity index (χ0v) is 22.5. The molecule has 0 bridgehead atoms. The van der Waals surface area contributed by atoms with Crippen LogP contribution in [-0.4, -0.2) is 60.2 Å². The van der Waals surface area contributed by atoms with E-state index in [2.05, 4.69) is 9.97 Å². The van der Waals surface area contributed by atoms with E-state index in [0.717, 1.165) is 22.2 Å². The van der Waals surface area contributed by atoms with Gasteiger partial charge in [-0.3, -0.25) is 9.69 Å². The van der Waals surface area contributed by atoms with Crippen molar-refractivity contribution in [1.82, 2.24) is 14.9 Å². The standard InChI is InChI=1S/C28H31F3N4O2S/c1-4-37-27(36)17-34-11-13-35(14-12-34)26-16-23(32-18-33-26)20-9-10-25(22(15-20)28(29,30)31)38-24-8-6-5-7-21(24)19(2)3/h5-10,15-16,18-19H,4,11-14,17H2,1-3H3. The van der Waals surface area contributed by atoms with Crippen molar-refractivity contribution in [1.29, 1.82) is 0 Å². The van der Waals surface area contributed by atoms with Gasteiger partial charge in [0.05, 0.1) is 24.4 Å².